The summed E-state index contributed by atoms with van der Waals surface area (Å²) < 4.78 is 4.72. The molecule has 0 unspecified atom stereocenters. The third kappa shape index (κ3) is 2.85. The Bertz CT molecular complexity index is 444. The van der Waals surface area contributed by atoms with Crippen molar-refractivity contribution in [3.63, 3.8) is 0 Å². The summed E-state index contributed by atoms with van der Waals surface area (Å²) in [5, 5.41) is 12.1. The number of carboxylic acid groups (broad SMARTS) is 1. The molecule has 1 N–H and O–H groups in total. The molecule has 0 aliphatic heterocycles. The van der Waals surface area contributed by atoms with Crippen molar-refractivity contribution in [1.82, 2.24) is 10.1 Å². The summed E-state index contributed by atoms with van der Waals surface area (Å²) in [6.07, 6.45) is 5.05. The Morgan fingerprint density at radius 3 is 2.81 bits per heavy atom. The predicted molar refractivity (Wildman–Crippen MR) is 53.6 cm³/mol. The largest absolute Gasteiger partial charge is 0.480 e. The lowest BCUT2D eigenvalue weighted by Gasteiger charge is -2.15. The van der Waals surface area contributed by atoms with Crippen molar-refractivity contribution >= 4 is 11.9 Å². The topological polar surface area (TPSA) is 83.6 Å². The van der Waals surface area contributed by atoms with Crippen LogP contribution in [-0.4, -0.2) is 40.1 Å². The smallest absolute Gasteiger partial charge is 0.323 e. The van der Waals surface area contributed by atoms with Gasteiger partial charge in [-0.15, -0.1) is 6.42 Å². The van der Waals surface area contributed by atoms with Crippen LogP contribution in [0.3, 0.4) is 0 Å². The molecule has 0 bridgehead atoms. The molecule has 0 radical (unpaired) electrons. The second-order valence-electron chi connectivity index (χ2n) is 3.08. The molecule has 0 fully saturated rings. The van der Waals surface area contributed by atoms with Gasteiger partial charge in [0.05, 0.1) is 6.54 Å². The van der Waals surface area contributed by atoms with E-state index < -0.39 is 18.4 Å². The van der Waals surface area contributed by atoms with Crippen LogP contribution in [0.1, 0.15) is 16.2 Å². The fourth-order valence-electron chi connectivity index (χ4n) is 1.10. The first kappa shape index (κ1) is 11.8. The zero-order valence-electron chi connectivity index (χ0n) is 8.64. The molecular formula is C10H10N2O4. The van der Waals surface area contributed by atoms with Gasteiger partial charge in [-0.1, -0.05) is 11.1 Å². The molecule has 16 heavy (non-hydrogen) atoms. The summed E-state index contributed by atoms with van der Waals surface area (Å²) in [5.74, 6) is 0.992. The van der Waals surface area contributed by atoms with E-state index in [2.05, 4.69) is 11.1 Å². The molecule has 1 aromatic rings. The van der Waals surface area contributed by atoms with E-state index in [1.807, 2.05) is 0 Å². The van der Waals surface area contributed by atoms with Crippen molar-refractivity contribution in [2.75, 3.05) is 13.1 Å². The minimum absolute atomic E-state index is 0.0500. The van der Waals surface area contributed by atoms with E-state index in [1.54, 1.807) is 6.92 Å². The summed E-state index contributed by atoms with van der Waals surface area (Å²) in [4.78, 5) is 23.2. The standard InChI is InChI=1S/C10H10N2O4/c1-3-4-12(6-9(13)14)10(15)8-5-7(2)16-11-8/h1,5H,4,6H2,2H3,(H,13,14). The van der Waals surface area contributed by atoms with Crippen LogP contribution in [0.4, 0.5) is 0 Å². The highest BCUT2D eigenvalue weighted by atomic mass is 16.5. The number of rotatable bonds is 4. The fraction of sp³-hybridized carbons (Fsp3) is 0.300. The molecule has 84 valence electrons. The minimum atomic E-state index is -1.14. The van der Waals surface area contributed by atoms with E-state index in [0.29, 0.717) is 5.76 Å². The lowest BCUT2D eigenvalue weighted by molar-refractivity contribution is -0.137. The maximum atomic E-state index is 11.7. The molecule has 1 aromatic heterocycles. The number of carbonyl (C=O) groups excluding carboxylic acids is 1. The molecule has 0 saturated carbocycles. The van der Waals surface area contributed by atoms with E-state index in [9.17, 15) is 9.59 Å². The van der Waals surface area contributed by atoms with Crippen LogP contribution in [0, 0.1) is 19.3 Å². The lowest BCUT2D eigenvalue weighted by atomic mass is 10.3. The van der Waals surface area contributed by atoms with Gasteiger partial charge in [-0.2, -0.15) is 0 Å². The molecule has 6 nitrogen and oxygen atoms in total. The van der Waals surface area contributed by atoms with Crippen LogP contribution >= 0.6 is 0 Å². The number of carboxylic acids is 1. The van der Waals surface area contributed by atoms with Crippen LogP contribution < -0.4 is 0 Å². The van der Waals surface area contributed by atoms with E-state index in [1.165, 1.54) is 6.07 Å². The van der Waals surface area contributed by atoms with Crippen molar-refractivity contribution in [3.05, 3.63) is 17.5 Å². The number of hydrogen-bond donors (Lipinski definition) is 1. The Labute approximate surface area is 91.8 Å². The first-order valence-electron chi connectivity index (χ1n) is 4.42. The van der Waals surface area contributed by atoms with Gasteiger partial charge in [-0.25, -0.2) is 0 Å². The number of hydrogen-bond acceptors (Lipinski definition) is 4. The average Bonchev–Trinajstić information content (AvgIpc) is 2.62. The predicted octanol–water partition coefficient (Wildman–Crippen LogP) is 0.143. The number of aryl methyl sites for hydroxylation is 1. The molecule has 0 aromatic carbocycles. The first-order valence-corrected chi connectivity index (χ1v) is 4.42. The summed E-state index contributed by atoms with van der Waals surface area (Å²) in [6, 6.07) is 1.42. The highest BCUT2D eigenvalue weighted by Gasteiger charge is 2.20. The van der Waals surface area contributed by atoms with E-state index in [0.717, 1.165) is 4.90 Å². The van der Waals surface area contributed by atoms with Gasteiger partial charge < -0.3 is 14.5 Å². The van der Waals surface area contributed by atoms with Crippen molar-refractivity contribution in [3.8, 4) is 12.3 Å². The Morgan fingerprint density at radius 2 is 2.38 bits per heavy atom. The van der Waals surface area contributed by atoms with E-state index in [4.69, 9.17) is 16.1 Å². The van der Waals surface area contributed by atoms with Gasteiger partial charge in [0.1, 0.15) is 12.3 Å². The van der Waals surface area contributed by atoms with Gasteiger partial charge in [0, 0.05) is 6.07 Å². The molecule has 0 aliphatic carbocycles. The first-order chi connectivity index (χ1) is 7.54. The SMILES string of the molecule is C#CCN(CC(=O)O)C(=O)c1cc(C)on1. The summed E-state index contributed by atoms with van der Waals surface area (Å²) >= 11 is 0. The van der Waals surface area contributed by atoms with Crippen LogP contribution in [0.2, 0.25) is 0 Å². The van der Waals surface area contributed by atoms with Gasteiger partial charge in [-0.3, -0.25) is 9.59 Å². The maximum Gasteiger partial charge on any atom is 0.323 e. The van der Waals surface area contributed by atoms with Gasteiger partial charge in [0.25, 0.3) is 5.91 Å². The molecule has 6 heteroatoms. The van der Waals surface area contributed by atoms with Crippen molar-refractivity contribution in [2.45, 2.75) is 6.92 Å². The average molecular weight is 222 g/mol. The Balaban J connectivity index is 2.83. The van der Waals surface area contributed by atoms with E-state index in [-0.39, 0.29) is 12.2 Å². The lowest BCUT2D eigenvalue weighted by Crippen LogP contribution is -2.36. The monoisotopic (exact) mass is 222 g/mol. The second kappa shape index (κ2) is 4.98. The number of terminal acetylenes is 1. The van der Waals surface area contributed by atoms with Gasteiger partial charge in [0.2, 0.25) is 0 Å². The molecule has 1 rings (SSSR count). The summed E-state index contributed by atoms with van der Waals surface area (Å²) in [5.41, 5.74) is 0.0500. The summed E-state index contributed by atoms with van der Waals surface area (Å²) in [7, 11) is 0. The Kier molecular flexibility index (Phi) is 3.67. The number of aromatic nitrogens is 1. The maximum absolute atomic E-state index is 11.7. The number of aliphatic carboxylic acids is 1. The molecule has 1 heterocycles. The van der Waals surface area contributed by atoms with Gasteiger partial charge >= 0.3 is 5.97 Å². The zero-order chi connectivity index (χ0) is 12.1. The molecule has 0 spiro atoms. The highest BCUT2D eigenvalue weighted by molar-refractivity contribution is 5.94. The second-order valence-corrected chi connectivity index (χ2v) is 3.08. The van der Waals surface area contributed by atoms with Crippen LogP contribution in [0.5, 0.6) is 0 Å². The van der Waals surface area contributed by atoms with Crippen molar-refractivity contribution < 1.29 is 19.2 Å². The molecule has 1 amide bonds. The molecule has 0 aliphatic rings. The van der Waals surface area contributed by atoms with Gasteiger partial charge in [0.15, 0.2) is 5.69 Å². The normalized spacial score (nSPS) is 9.50. The van der Waals surface area contributed by atoms with Gasteiger partial charge in [-0.05, 0) is 6.92 Å². The third-order valence-electron chi connectivity index (χ3n) is 1.74. The minimum Gasteiger partial charge on any atom is -0.480 e. The van der Waals surface area contributed by atoms with Crippen LogP contribution in [0.25, 0.3) is 0 Å². The third-order valence-corrected chi connectivity index (χ3v) is 1.74. The Hall–Kier alpha value is -2.29. The van der Waals surface area contributed by atoms with Crippen LogP contribution in [0.15, 0.2) is 10.6 Å². The number of carbonyl (C=O) groups is 2. The van der Waals surface area contributed by atoms with Crippen molar-refractivity contribution in [2.24, 2.45) is 0 Å². The van der Waals surface area contributed by atoms with E-state index >= 15 is 0 Å². The number of nitrogens with zero attached hydrogens (tertiary/aromatic N) is 2. The Morgan fingerprint density at radius 1 is 1.69 bits per heavy atom. The summed E-state index contributed by atoms with van der Waals surface area (Å²) in [6.45, 7) is 1.08. The quantitative estimate of drug-likeness (QED) is 0.733. The molecule has 0 saturated heterocycles. The van der Waals surface area contributed by atoms with Crippen LogP contribution in [-0.2, 0) is 4.79 Å². The fourth-order valence-corrected chi connectivity index (χ4v) is 1.10. The molecular weight excluding hydrogens is 212 g/mol. The zero-order valence-corrected chi connectivity index (χ0v) is 8.64. The highest BCUT2D eigenvalue weighted by Crippen LogP contribution is 2.05. The molecule has 0 atom stereocenters. The van der Waals surface area contributed by atoms with Crippen molar-refractivity contribution in [1.29, 1.82) is 0 Å². The number of amides is 1.